The Kier molecular flexibility index (Phi) is 5.83. The molecule has 2 heterocycles. The molecule has 2 N–H and O–H groups in total. The highest BCUT2D eigenvalue weighted by Crippen LogP contribution is 2.40. The Morgan fingerprint density at radius 2 is 1.57 bits per heavy atom. The van der Waals surface area contributed by atoms with Gasteiger partial charge < -0.3 is 10.1 Å². The zero-order valence-electron chi connectivity index (χ0n) is 20.7. The summed E-state index contributed by atoms with van der Waals surface area (Å²) < 4.78 is 35.4. The standard InChI is InChI=1S/C29H28N4O3S/c1-18-5-3-6-19(2)28(18)25-16-27-32-29(31-25)33-37(34,35)24-8-4-7-23(15-24)30-17-26(36-27)22-13-11-21(12-14-22)20-9-10-20/h3-8,11-16,20,26,30H,9-10,17H2,1-2H3,(H,31,32,33)/t26-/m0/s1. The number of hydrogen-bond donors (Lipinski definition) is 2. The number of nitrogens with one attached hydrogen (secondary N) is 2. The van der Waals surface area contributed by atoms with Crippen molar-refractivity contribution in [2.24, 2.45) is 0 Å². The minimum absolute atomic E-state index is 0.0306. The number of fused-ring (bicyclic) bond motifs is 4. The normalized spacial score (nSPS) is 18.4. The average molecular weight is 513 g/mol. The van der Waals surface area contributed by atoms with Gasteiger partial charge in [0.25, 0.3) is 10.0 Å². The third-order valence-electron chi connectivity index (χ3n) is 6.92. The Hall–Kier alpha value is -3.91. The van der Waals surface area contributed by atoms with Crippen molar-refractivity contribution in [2.75, 3.05) is 16.6 Å². The first-order valence-corrected chi connectivity index (χ1v) is 13.9. The summed E-state index contributed by atoms with van der Waals surface area (Å²) in [5.74, 6) is 0.939. The maximum Gasteiger partial charge on any atom is 0.264 e. The van der Waals surface area contributed by atoms with Gasteiger partial charge in [0, 0.05) is 17.3 Å². The molecule has 4 bridgehead atoms. The van der Waals surface area contributed by atoms with Crippen molar-refractivity contribution in [2.45, 2.75) is 43.6 Å². The van der Waals surface area contributed by atoms with Crippen LogP contribution >= 0.6 is 0 Å². The molecule has 3 aromatic carbocycles. The largest absolute Gasteiger partial charge is 0.467 e. The molecule has 0 saturated heterocycles. The molecule has 1 aromatic heterocycles. The summed E-state index contributed by atoms with van der Waals surface area (Å²) in [6.45, 7) is 4.44. The fourth-order valence-electron chi connectivity index (χ4n) is 4.81. The minimum atomic E-state index is -3.91. The monoisotopic (exact) mass is 512 g/mol. The van der Waals surface area contributed by atoms with Gasteiger partial charge in [0.1, 0.15) is 6.10 Å². The molecular formula is C29H28N4O3S. The van der Waals surface area contributed by atoms with Gasteiger partial charge in [-0.3, -0.25) is 0 Å². The van der Waals surface area contributed by atoms with Gasteiger partial charge in [0.05, 0.1) is 17.1 Å². The quantitative estimate of drug-likeness (QED) is 0.351. The van der Waals surface area contributed by atoms with E-state index in [2.05, 4.69) is 44.3 Å². The van der Waals surface area contributed by atoms with Crippen molar-refractivity contribution < 1.29 is 13.2 Å². The van der Waals surface area contributed by atoms with E-state index in [1.165, 1.54) is 18.4 Å². The van der Waals surface area contributed by atoms with Crippen LogP contribution in [0, 0.1) is 13.8 Å². The summed E-state index contributed by atoms with van der Waals surface area (Å²) >= 11 is 0. The van der Waals surface area contributed by atoms with Crippen LogP contribution in [-0.2, 0) is 10.0 Å². The number of aromatic nitrogens is 2. The lowest BCUT2D eigenvalue weighted by Crippen LogP contribution is -2.21. The third kappa shape index (κ3) is 4.89. The molecule has 1 aliphatic heterocycles. The first kappa shape index (κ1) is 23.5. The highest BCUT2D eigenvalue weighted by molar-refractivity contribution is 7.92. The van der Waals surface area contributed by atoms with Gasteiger partial charge in [-0.2, -0.15) is 4.98 Å². The predicted octanol–water partition coefficient (Wildman–Crippen LogP) is 5.98. The van der Waals surface area contributed by atoms with Crippen LogP contribution in [0.5, 0.6) is 5.88 Å². The Morgan fingerprint density at radius 3 is 2.30 bits per heavy atom. The summed E-state index contributed by atoms with van der Waals surface area (Å²) in [7, 11) is -3.91. The zero-order chi connectivity index (χ0) is 25.6. The fourth-order valence-corrected chi connectivity index (χ4v) is 5.80. The van der Waals surface area contributed by atoms with E-state index in [1.807, 2.05) is 38.1 Å². The van der Waals surface area contributed by atoms with E-state index < -0.39 is 10.0 Å². The Labute approximate surface area is 217 Å². The van der Waals surface area contributed by atoms with Crippen LogP contribution in [0.1, 0.15) is 47.1 Å². The SMILES string of the molecule is Cc1cccc(C)c1-c1cc2nc(n1)NS(=O)(=O)c1cccc(c1)NC[C@@H](c1ccc(C3CC3)cc1)O2. The highest BCUT2D eigenvalue weighted by Gasteiger charge is 2.25. The highest BCUT2D eigenvalue weighted by atomic mass is 32.2. The summed E-state index contributed by atoms with van der Waals surface area (Å²) in [6.07, 6.45) is 2.14. The second-order valence-electron chi connectivity index (χ2n) is 9.74. The maximum absolute atomic E-state index is 13.2. The molecule has 1 atom stereocenters. The van der Waals surface area contributed by atoms with Crippen molar-refractivity contribution in [1.29, 1.82) is 0 Å². The smallest absolute Gasteiger partial charge is 0.264 e. The molecule has 8 heteroatoms. The number of hydrogen-bond acceptors (Lipinski definition) is 6. The number of benzene rings is 3. The first-order chi connectivity index (χ1) is 17.9. The van der Waals surface area contributed by atoms with Gasteiger partial charge >= 0.3 is 0 Å². The molecular weight excluding hydrogens is 484 g/mol. The van der Waals surface area contributed by atoms with Crippen molar-refractivity contribution >= 4 is 21.7 Å². The Balaban J connectivity index is 1.47. The van der Waals surface area contributed by atoms with Crippen LogP contribution in [0.25, 0.3) is 11.3 Å². The van der Waals surface area contributed by atoms with Gasteiger partial charge in [0.15, 0.2) is 0 Å². The molecule has 6 rings (SSSR count). The van der Waals surface area contributed by atoms with E-state index in [-0.39, 0.29) is 16.9 Å². The molecule has 0 spiro atoms. The van der Waals surface area contributed by atoms with Crippen molar-refractivity contribution in [3.8, 4) is 17.1 Å². The fraction of sp³-hybridized carbons (Fsp3) is 0.241. The Bertz CT molecular complexity index is 1560. The van der Waals surface area contributed by atoms with Crippen LogP contribution in [-0.4, -0.2) is 24.9 Å². The van der Waals surface area contributed by atoms with E-state index in [4.69, 9.17) is 4.74 Å². The lowest BCUT2D eigenvalue weighted by Gasteiger charge is -2.22. The van der Waals surface area contributed by atoms with E-state index in [1.54, 1.807) is 24.3 Å². The van der Waals surface area contributed by atoms with Crippen LogP contribution in [0.15, 0.2) is 77.7 Å². The van der Waals surface area contributed by atoms with Crippen LogP contribution in [0.4, 0.5) is 11.6 Å². The molecule has 0 radical (unpaired) electrons. The van der Waals surface area contributed by atoms with E-state index in [0.717, 1.165) is 22.3 Å². The van der Waals surface area contributed by atoms with E-state index in [9.17, 15) is 8.42 Å². The zero-order valence-corrected chi connectivity index (χ0v) is 21.5. The summed E-state index contributed by atoms with van der Waals surface area (Å²) in [4.78, 5) is 9.20. The van der Waals surface area contributed by atoms with Crippen LogP contribution in [0.2, 0.25) is 0 Å². The molecule has 1 saturated carbocycles. The molecule has 188 valence electrons. The number of nitrogens with zero attached hydrogens (tertiary/aromatic N) is 2. The molecule has 1 aliphatic carbocycles. The lowest BCUT2D eigenvalue weighted by molar-refractivity contribution is 0.210. The van der Waals surface area contributed by atoms with Crippen molar-refractivity contribution in [3.63, 3.8) is 0 Å². The van der Waals surface area contributed by atoms with E-state index >= 15 is 0 Å². The number of ether oxygens (including phenoxy) is 1. The molecule has 0 amide bonds. The van der Waals surface area contributed by atoms with Crippen LogP contribution in [0.3, 0.4) is 0 Å². The second-order valence-corrected chi connectivity index (χ2v) is 11.4. The molecule has 0 unspecified atom stereocenters. The number of sulfonamides is 1. The molecule has 2 aliphatic rings. The van der Waals surface area contributed by atoms with Crippen molar-refractivity contribution in [1.82, 2.24) is 9.97 Å². The van der Waals surface area contributed by atoms with Gasteiger partial charge in [-0.1, -0.05) is 48.5 Å². The number of rotatable bonds is 3. The van der Waals surface area contributed by atoms with Gasteiger partial charge in [-0.05, 0) is 73.1 Å². The average Bonchev–Trinajstić information content (AvgIpc) is 3.72. The van der Waals surface area contributed by atoms with Gasteiger partial charge in [-0.15, -0.1) is 0 Å². The minimum Gasteiger partial charge on any atom is -0.467 e. The predicted molar refractivity (Wildman–Crippen MR) is 144 cm³/mol. The van der Waals surface area contributed by atoms with Gasteiger partial charge in [0.2, 0.25) is 11.8 Å². The maximum atomic E-state index is 13.2. The van der Waals surface area contributed by atoms with Gasteiger partial charge in [-0.25, -0.2) is 18.1 Å². The summed E-state index contributed by atoms with van der Waals surface area (Å²) in [5, 5.41) is 3.35. The lowest BCUT2D eigenvalue weighted by atomic mass is 10.00. The Morgan fingerprint density at radius 1 is 0.865 bits per heavy atom. The third-order valence-corrected chi connectivity index (χ3v) is 8.25. The number of aryl methyl sites for hydroxylation is 2. The van der Waals surface area contributed by atoms with Crippen LogP contribution < -0.4 is 14.8 Å². The first-order valence-electron chi connectivity index (χ1n) is 12.4. The summed E-state index contributed by atoms with van der Waals surface area (Å²) in [6, 6.07) is 23.1. The van der Waals surface area contributed by atoms with Crippen molar-refractivity contribution in [3.05, 3.63) is 95.1 Å². The molecule has 37 heavy (non-hydrogen) atoms. The number of anilines is 2. The molecule has 7 nitrogen and oxygen atoms in total. The summed E-state index contributed by atoms with van der Waals surface area (Å²) in [5.41, 5.74) is 6.63. The molecule has 4 aromatic rings. The van der Waals surface area contributed by atoms with E-state index in [0.29, 0.717) is 29.7 Å². The topological polar surface area (TPSA) is 93.2 Å². The second kappa shape index (κ2) is 9.19. The molecule has 1 fully saturated rings.